The molecule has 28 heavy (non-hydrogen) atoms. The van der Waals surface area contributed by atoms with E-state index < -0.39 is 16.1 Å². The van der Waals surface area contributed by atoms with Crippen LogP contribution >= 0.6 is 0 Å². The Kier molecular flexibility index (Phi) is 7.19. The highest BCUT2D eigenvalue weighted by Gasteiger charge is 2.26. The zero-order valence-corrected chi connectivity index (χ0v) is 20.4. The molecule has 2 atom stereocenters. The lowest BCUT2D eigenvalue weighted by Crippen LogP contribution is -2.38. The largest absolute Gasteiger partial charge is 0.376 e. The molecule has 2 unspecified atom stereocenters. The second kappa shape index (κ2) is 8.85. The number of aromatic nitrogens is 4. The highest BCUT2D eigenvalue weighted by molar-refractivity contribution is 6.77. The van der Waals surface area contributed by atoms with Gasteiger partial charge >= 0.3 is 6.03 Å². The van der Waals surface area contributed by atoms with Gasteiger partial charge in [-0.15, -0.1) is 0 Å². The molecule has 0 fully saturated rings. The lowest BCUT2D eigenvalue weighted by molar-refractivity contribution is 0.0915. The van der Waals surface area contributed by atoms with Crippen molar-refractivity contribution in [3.05, 3.63) is 35.9 Å². The van der Waals surface area contributed by atoms with E-state index in [0.29, 0.717) is 24.6 Å². The molecule has 2 aromatic heterocycles. The summed E-state index contributed by atoms with van der Waals surface area (Å²) in [6, 6.07) is 3.29. The predicted molar refractivity (Wildman–Crippen MR) is 116 cm³/mol. The Hall–Kier alpha value is -1.56. The second-order valence-electron chi connectivity index (χ2n) is 9.39. The summed E-state index contributed by atoms with van der Waals surface area (Å²) in [5.41, 5.74) is 1.80. The minimum atomic E-state index is -1.41. The molecule has 0 bridgehead atoms. The summed E-state index contributed by atoms with van der Waals surface area (Å²) in [6.07, 6.45) is 3.23. The number of rotatable bonds is 8. The van der Waals surface area contributed by atoms with Gasteiger partial charge in [-0.2, -0.15) is 19.6 Å². The van der Waals surface area contributed by atoms with E-state index >= 15 is 0 Å². The van der Waals surface area contributed by atoms with Gasteiger partial charge in [0.15, 0.2) is 0 Å². The normalized spacial score (nSPS) is 14.9. The standard InChI is InChI=1S/C19H34N4O3Si2/c1-15(27(3,4)5)25-13-17-9-11-20-22(17)19(24)23-18(10-12-21-23)14-26-16(2)28(6,7)8/h9-12,15-16H,13-14H2,1-8H3. The van der Waals surface area contributed by atoms with Crippen molar-refractivity contribution >= 4 is 22.2 Å². The lowest BCUT2D eigenvalue weighted by Gasteiger charge is -2.25. The van der Waals surface area contributed by atoms with Crippen LogP contribution < -0.4 is 0 Å². The van der Waals surface area contributed by atoms with Crippen molar-refractivity contribution in [1.29, 1.82) is 0 Å². The highest BCUT2D eigenvalue weighted by atomic mass is 28.3. The van der Waals surface area contributed by atoms with Crippen LogP contribution in [0.15, 0.2) is 24.5 Å². The van der Waals surface area contributed by atoms with Crippen LogP contribution in [0.2, 0.25) is 39.3 Å². The molecule has 0 N–H and O–H groups in total. The predicted octanol–water partition coefficient (Wildman–Crippen LogP) is 4.16. The first-order valence-electron chi connectivity index (χ1n) is 9.75. The Balaban J connectivity index is 2.10. The molecule has 9 heteroatoms. The third kappa shape index (κ3) is 5.72. The Labute approximate surface area is 170 Å². The summed E-state index contributed by atoms with van der Waals surface area (Å²) in [7, 11) is -2.81. The van der Waals surface area contributed by atoms with E-state index in [2.05, 4.69) is 63.3 Å². The van der Waals surface area contributed by atoms with Crippen molar-refractivity contribution < 1.29 is 14.3 Å². The van der Waals surface area contributed by atoms with Crippen LogP contribution in [-0.4, -0.2) is 53.2 Å². The monoisotopic (exact) mass is 422 g/mol. The SMILES string of the molecule is CC(OCc1ccnn1C(=O)n1nccc1COC(C)[Si](C)(C)C)[Si](C)(C)C. The topological polar surface area (TPSA) is 71.2 Å². The van der Waals surface area contributed by atoms with Gasteiger partial charge in [0.1, 0.15) is 0 Å². The van der Waals surface area contributed by atoms with E-state index in [1.807, 2.05) is 12.1 Å². The van der Waals surface area contributed by atoms with Gasteiger partial charge in [0, 0.05) is 23.8 Å². The molecular weight excluding hydrogens is 388 g/mol. The molecule has 7 nitrogen and oxygen atoms in total. The first kappa shape index (κ1) is 22.7. The Morgan fingerprint density at radius 2 is 1.21 bits per heavy atom. The average molecular weight is 423 g/mol. The summed E-state index contributed by atoms with van der Waals surface area (Å²) < 4.78 is 14.7. The summed E-state index contributed by atoms with van der Waals surface area (Å²) >= 11 is 0. The summed E-state index contributed by atoms with van der Waals surface area (Å²) in [5, 5.41) is 8.38. The minimum absolute atomic E-state index is 0.183. The zero-order chi connectivity index (χ0) is 21.1. The molecule has 0 saturated heterocycles. The van der Waals surface area contributed by atoms with Gasteiger partial charge in [-0.05, 0) is 26.0 Å². The number of hydrogen-bond donors (Lipinski definition) is 0. The average Bonchev–Trinajstić information content (AvgIpc) is 3.24. The van der Waals surface area contributed by atoms with Crippen LogP contribution in [0, 0.1) is 0 Å². The summed E-state index contributed by atoms with van der Waals surface area (Å²) in [6.45, 7) is 18.4. The van der Waals surface area contributed by atoms with Crippen LogP contribution in [0.5, 0.6) is 0 Å². The number of ether oxygens (including phenoxy) is 2. The maximum Gasteiger partial charge on any atom is 0.369 e. The molecule has 0 amide bonds. The quantitative estimate of drug-likeness (QED) is 0.597. The second-order valence-corrected chi connectivity index (χ2v) is 20.5. The molecule has 2 rings (SSSR count). The third-order valence-corrected chi connectivity index (χ3v) is 10.4. The van der Waals surface area contributed by atoms with Gasteiger partial charge < -0.3 is 9.47 Å². The highest BCUT2D eigenvalue weighted by Crippen LogP contribution is 2.15. The molecule has 0 radical (unpaired) electrons. The van der Waals surface area contributed by atoms with Gasteiger partial charge in [-0.3, -0.25) is 0 Å². The molecule has 2 aromatic rings. The first-order chi connectivity index (χ1) is 12.9. The smallest absolute Gasteiger partial charge is 0.369 e. The van der Waals surface area contributed by atoms with Crippen molar-refractivity contribution in [2.75, 3.05) is 0 Å². The van der Waals surface area contributed by atoms with Gasteiger partial charge in [0.2, 0.25) is 0 Å². The van der Waals surface area contributed by atoms with E-state index in [-0.39, 0.29) is 17.5 Å². The van der Waals surface area contributed by atoms with E-state index in [9.17, 15) is 4.79 Å². The van der Waals surface area contributed by atoms with Crippen molar-refractivity contribution in [2.45, 2.75) is 77.8 Å². The third-order valence-electron chi connectivity index (χ3n) is 5.21. The van der Waals surface area contributed by atoms with E-state index in [0.717, 1.165) is 0 Å². The van der Waals surface area contributed by atoms with Crippen LogP contribution in [-0.2, 0) is 22.7 Å². The van der Waals surface area contributed by atoms with E-state index in [1.54, 1.807) is 12.4 Å². The van der Waals surface area contributed by atoms with Gasteiger partial charge in [-0.1, -0.05) is 39.3 Å². The summed E-state index contributed by atoms with van der Waals surface area (Å²) in [4.78, 5) is 13.0. The van der Waals surface area contributed by atoms with Gasteiger partial charge in [0.25, 0.3) is 0 Å². The van der Waals surface area contributed by atoms with Crippen molar-refractivity contribution in [2.24, 2.45) is 0 Å². The number of carbonyl (C=O) groups excluding carboxylic acids is 1. The zero-order valence-electron chi connectivity index (χ0n) is 18.4. The molecule has 0 saturated carbocycles. The summed E-state index contributed by atoms with van der Waals surface area (Å²) in [5.74, 6) is 0. The van der Waals surface area contributed by atoms with Crippen molar-refractivity contribution in [3.63, 3.8) is 0 Å². The van der Waals surface area contributed by atoms with Gasteiger partial charge in [0.05, 0.1) is 40.7 Å². The fourth-order valence-electron chi connectivity index (χ4n) is 2.24. The van der Waals surface area contributed by atoms with Crippen molar-refractivity contribution in [1.82, 2.24) is 19.6 Å². The lowest BCUT2D eigenvalue weighted by atomic mass is 10.4. The number of nitrogens with zero attached hydrogens (tertiary/aromatic N) is 4. The van der Waals surface area contributed by atoms with Crippen LogP contribution in [0.3, 0.4) is 0 Å². The molecular formula is C19H34N4O3Si2. The maximum atomic E-state index is 13.0. The molecule has 0 aliphatic heterocycles. The molecule has 0 spiro atoms. The van der Waals surface area contributed by atoms with Gasteiger partial charge in [-0.25, -0.2) is 4.79 Å². The maximum absolute atomic E-state index is 13.0. The Morgan fingerprint density at radius 1 is 0.857 bits per heavy atom. The minimum Gasteiger partial charge on any atom is -0.376 e. The van der Waals surface area contributed by atoms with Crippen LogP contribution in [0.4, 0.5) is 4.79 Å². The van der Waals surface area contributed by atoms with Crippen LogP contribution in [0.25, 0.3) is 0 Å². The fraction of sp³-hybridized carbons (Fsp3) is 0.632. The molecule has 0 aliphatic carbocycles. The van der Waals surface area contributed by atoms with Crippen molar-refractivity contribution in [3.8, 4) is 0 Å². The van der Waals surface area contributed by atoms with E-state index in [1.165, 1.54) is 9.36 Å². The number of hydrogen-bond acceptors (Lipinski definition) is 5. The molecule has 156 valence electrons. The number of carbonyl (C=O) groups is 1. The molecule has 2 heterocycles. The molecule has 0 aromatic carbocycles. The van der Waals surface area contributed by atoms with Crippen LogP contribution in [0.1, 0.15) is 25.2 Å². The Morgan fingerprint density at radius 3 is 1.54 bits per heavy atom. The molecule has 0 aliphatic rings. The van der Waals surface area contributed by atoms with E-state index in [4.69, 9.17) is 9.47 Å². The first-order valence-corrected chi connectivity index (χ1v) is 16.9. The fourth-order valence-corrected chi connectivity index (χ4v) is 3.40. The Bertz CT molecular complexity index is 725.